The molecule has 0 aromatic rings. The Morgan fingerprint density at radius 1 is 0.950 bits per heavy atom. The van der Waals surface area contributed by atoms with Gasteiger partial charge in [0.05, 0.1) is 0 Å². The van der Waals surface area contributed by atoms with Gasteiger partial charge in [-0.25, -0.2) is 0 Å². The monoisotopic (exact) mass is 281 g/mol. The SMILES string of the molecule is CCCCCCCC=CC(=O)NC(CC)CCCCC. The number of carbonyl (C=O) groups is 1. The predicted molar refractivity (Wildman–Crippen MR) is 88.9 cm³/mol. The van der Waals surface area contributed by atoms with Crippen LogP contribution in [0.15, 0.2) is 12.2 Å². The largest absolute Gasteiger partial charge is 0.350 e. The van der Waals surface area contributed by atoms with Crippen LogP contribution in [0.3, 0.4) is 0 Å². The molecule has 0 aliphatic heterocycles. The van der Waals surface area contributed by atoms with Gasteiger partial charge in [0.25, 0.3) is 0 Å². The number of amides is 1. The molecule has 0 heterocycles. The Kier molecular flexibility index (Phi) is 14.0. The molecule has 118 valence electrons. The zero-order chi connectivity index (χ0) is 15.1. The molecule has 0 fully saturated rings. The summed E-state index contributed by atoms with van der Waals surface area (Å²) in [5.41, 5.74) is 0. The number of carbonyl (C=O) groups excluding carboxylic acids is 1. The van der Waals surface area contributed by atoms with Crippen LogP contribution in [-0.4, -0.2) is 11.9 Å². The Morgan fingerprint density at radius 3 is 2.25 bits per heavy atom. The van der Waals surface area contributed by atoms with Gasteiger partial charge in [-0.2, -0.15) is 0 Å². The Labute approximate surface area is 126 Å². The highest BCUT2D eigenvalue weighted by atomic mass is 16.1. The van der Waals surface area contributed by atoms with E-state index in [-0.39, 0.29) is 5.91 Å². The van der Waals surface area contributed by atoms with Crippen molar-refractivity contribution < 1.29 is 4.79 Å². The van der Waals surface area contributed by atoms with Crippen molar-refractivity contribution in [2.75, 3.05) is 0 Å². The molecule has 0 saturated carbocycles. The summed E-state index contributed by atoms with van der Waals surface area (Å²) in [5, 5.41) is 3.11. The van der Waals surface area contributed by atoms with E-state index in [1.54, 1.807) is 6.08 Å². The van der Waals surface area contributed by atoms with Crippen LogP contribution < -0.4 is 5.32 Å². The average Bonchev–Trinajstić information content (AvgIpc) is 2.45. The van der Waals surface area contributed by atoms with E-state index in [4.69, 9.17) is 0 Å². The van der Waals surface area contributed by atoms with Crippen molar-refractivity contribution in [2.45, 2.75) is 97.4 Å². The van der Waals surface area contributed by atoms with Crippen molar-refractivity contribution in [1.29, 1.82) is 0 Å². The van der Waals surface area contributed by atoms with E-state index >= 15 is 0 Å². The number of rotatable bonds is 13. The molecule has 2 nitrogen and oxygen atoms in total. The first-order chi connectivity index (χ1) is 9.74. The fourth-order valence-electron chi connectivity index (χ4n) is 2.32. The Balaban J connectivity index is 3.67. The summed E-state index contributed by atoms with van der Waals surface area (Å²) in [7, 11) is 0. The number of hydrogen-bond acceptors (Lipinski definition) is 1. The number of nitrogens with one attached hydrogen (secondary N) is 1. The summed E-state index contributed by atoms with van der Waals surface area (Å²) in [4.78, 5) is 11.8. The minimum absolute atomic E-state index is 0.0851. The van der Waals surface area contributed by atoms with Crippen LogP contribution in [0.2, 0.25) is 0 Å². The van der Waals surface area contributed by atoms with Gasteiger partial charge in [0.2, 0.25) is 5.91 Å². The third kappa shape index (κ3) is 12.3. The van der Waals surface area contributed by atoms with Crippen LogP contribution in [0.4, 0.5) is 0 Å². The van der Waals surface area contributed by atoms with Crippen molar-refractivity contribution in [3.8, 4) is 0 Å². The van der Waals surface area contributed by atoms with Crippen LogP contribution >= 0.6 is 0 Å². The van der Waals surface area contributed by atoms with E-state index < -0.39 is 0 Å². The molecular formula is C18H35NO. The van der Waals surface area contributed by atoms with Crippen LogP contribution in [0.25, 0.3) is 0 Å². The van der Waals surface area contributed by atoms with E-state index in [2.05, 4.69) is 26.1 Å². The fourth-order valence-corrected chi connectivity index (χ4v) is 2.32. The van der Waals surface area contributed by atoms with Gasteiger partial charge in [0, 0.05) is 6.04 Å². The minimum atomic E-state index is 0.0851. The van der Waals surface area contributed by atoms with E-state index in [0.717, 1.165) is 19.3 Å². The highest BCUT2D eigenvalue weighted by Crippen LogP contribution is 2.07. The number of unbranched alkanes of at least 4 members (excludes halogenated alkanes) is 7. The summed E-state index contributed by atoms with van der Waals surface area (Å²) in [5.74, 6) is 0.0851. The van der Waals surface area contributed by atoms with Crippen LogP contribution in [-0.2, 0) is 4.79 Å². The van der Waals surface area contributed by atoms with Crippen molar-refractivity contribution >= 4 is 5.91 Å². The molecule has 0 radical (unpaired) electrons. The molecule has 0 aromatic heterocycles. The fraction of sp³-hybridized carbons (Fsp3) is 0.833. The van der Waals surface area contributed by atoms with Gasteiger partial charge in [0.15, 0.2) is 0 Å². The third-order valence-corrected chi connectivity index (χ3v) is 3.74. The maximum Gasteiger partial charge on any atom is 0.243 e. The topological polar surface area (TPSA) is 29.1 Å². The summed E-state index contributed by atoms with van der Waals surface area (Å²) in [6.45, 7) is 6.59. The molecule has 0 spiro atoms. The molecule has 0 rings (SSSR count). The lowest BCUT2D eigenvalue weighted by Gasteiger charge is -2.15. The summed E-state index contributed by atoms with van der Waals surface area (Å²) in [6, 6.07) is 0.350. The summed E-state index contributed by atoms with van der Waals surface area (Å²) in [6.07, 6.45) is 17.1. The van der Waals surface area contributed by atoms with E-state index in [1.165, 1.54) is 51.4 Å². The molecule has 0 aliphatic rings. The summed E-state index contributed by atoms with van der Waals surface area (Å²) < 4.78 is 0. The van der Waals surface area contributed by atoms with Gasteiger partial charge in [-0.05, 0) is 31.8 Å². The number of hydrogen-bond donors (Lipinski definition) is 1. The van der Waals surface area contributed by atoms with Crippen LogP contribution in [0.1, 0.15) is 91.4 Å². The van der Waals surface area contributed by atoms with Gasteiger partial charge in [-0.15, -0.1) is 0 Å². The first-order valence-corrected chi connectivity index (χ1v) is 8.71. The van der Waals surface area contributed by atoms with Crippen LogP contribution in [0, 0.1) is 0 Å². The Hall–Kier alpha value is -0.790. The zero-order valence-electron chi connectivity index (χ0n) is 13.9. The molecule has 0 saturated heterocycles. The van der Waals surface area contributed by atoms with Gasteiger partial charge in [-0.1, -0.05) is 71.8 Å². The number of allylic oxidation sites excluding steroid dienone is 1. The normalized spacial score (nSPS) is 12.8. The maximum atomic E-state index is 11.8. The second-order valence-corrected chi connectivity index (χ2v) is 5.71. The molecule has 20 heavy (non-hydrogen) atoms. The van der Waals surface area contributed by atoms with Gasteiger partial charge in [-0.3, -0.25) is 4.79 Å². The first-order valence-electron chi connectivity index (χ1n) is 8.71. The van der Waals surface area contributed by atoms with Crippen molar-refractivity contribution in [2.24, 2.45) is 0 Å². The lowest BCUT2D eigenvalue weighted by atomic mass is 10.1. The standard InChI is InChI=1S/C18H35NO/c1-4-7-9-10-11-12-14-16-18(20)19-17(6-3)15-13-8-5-2/h14,16-17H,4-13,15H2,1-3H3,(H,19,20). The molecule has 1 unspecified atom stereocenters. The van der Waals surface area contributed by atoms with Crippen LogP contribution in [0.5, 0.6) is 0 Å². The molecule has 0 bridgehead atoms. The molecular weight excluding hydrogens is 246 g/mol. The van der Waals surface area contributed by atoms with Gasteiger partial charge < -0.3 is 5.32 Å². The lowest BCUT2D eigenvalue weighted by Crippen LogP contribution is -2.33. The minimum Gasteiger partial charge on any atom is -0.350 e. The highest BCUT2D eigenvalue weighted by molar-refractivity contribution is 5.87. The quantitative estimate of drug-likeness (QED) is 0.356. The maximum absolute atomic E-state index is 11.8. The smallest absolute Gasteiger partial charge is 0.243 e. The van der Waals surface area contributed by atoms with Crippen molar-refractivity contribution in [1.82, 2.24) is 5.32 Å². The van der Waals surface area contributed by atoms with Crippen molar-refractivity contribution in [3.63, 3.8) is 0 Å². The van der Waals surface area contributed by atoms with E-state index in [9.17, 15) is 4.79 Å². The van der Waals surface area contributed by atoms with E-state index in [1.807, 2.05) is 6.08 Å². The molecule has 1 amide bonds. The van der Waals surface area contributed by atoms with Gasteiger partial charge >= 0.3 is 0 Å². The van der Waals surface area contributed by atoms with Gasteiger partial charge in [0.1, 0.15) is 0 Å². The summed E-state index contributed by atoms with van der Waals surface area (Å²) >= 11 is 0. The lowest BCUT2D eigenvalue weighted by molar-refractivity contribution is -0.117. The Bertz CT molecular complexity index is 248. The average molecular weight is 281 g/mol. The van der Waals surface area contributed by atoms with E-state index in [0.29, 0.717) is 6.04 Å². The second-order valence-electron chi connectivity index (χ2n) is 5.71. The molecule has 1 atom stereocenters. The molecule has 0 aromatic carbocycles. The third-order valence-electron chi connectivity index (χ3n) is 3.74. The zero-order valence-corrected chi connectivity index (χ0v) is 13.9. The van der Waals surface area contributed by atoms with Crippen molar-refractivity contribution in [3.05, 3.63) is 12.2 Å². The highest BCUT2D eigenvalue weighted by Gasteiger charge is 2.07. The second kappa shape index (κ2) is 14.6. The molecule has 2 heteroatoms. The predicted octanol–water partition coefficient (Wildman–Crippen LogP) is 5.38. The Morgan fingerprint density at radius 2 is 1.60 bits per heavy atom. The molecule has 1 N–H and O–H groups in total. The molecule has 0 aliphatic carbocycles. The first kappa shape index (κ1) is 19.2.